The van der Waals surface area contributed by atoms with E-state index in [2.05, 4.69) is 0 Å². The fraction of sp³-hybridized carbons (Fsp3) is 0.167. The van der Waals surface area contributed by atoms with Gasteiger partial charge in [0.05, 0.1) is 10.9 Å². The molecule has 0 aliphatic carbocycles. The standard InChI is InChI=1S/C18H14F2O2/c1-3-11-6-10(2)7-14-16(21)9-17(22-18(11)14)13-5-4-12(19)8-15(13)20/h4-9H,3H2,1-2H3. The molecule has 4 heteroatoms. The first-order valence-corrected chi connectivity index (χ1v) is 7.02. The highest BCUT2D eigenvalue weighted by Gasteiger charge is 2.14. The molecule has 2 nitrogen and oxygen atoms in total. The van der Waals surface area contributed by atoms with E-state index >= 15 is 0 Å². The maximum absolute atomic E-state index is 13.9. The fourth-order valence-electron chi connectivity index (χ4n) is 2.57. The van der Waals surface area contributed by atoms with Gasteiger partial charge in [-0.25, -0.2) is 8.78 Å². The number of aryl methyl sites for hydroxylation is 2. The van der Waals surface area contributed by atoms with Gasteiger partial charge in [-0.1, -0.05) is 13.0 Å². The van der Waals surface area contributed by atoms with Crippen molar-refractivity contribution in [2.24, 2.45) is 0 Å². The van der Waals surface area contributed by atoms with Crippen molar-refractivity contribution in [2.45, 2.75) is 20.3 Å². The molecule has 0 amide bonds. The van der Waals surface area contributed by atoms with Crippen LogP contribution >= 0.6 is 0 Å². The summed E-state index contributed by atoms with van der Waals surface area (Å²) >= 11 is 0. The third kappa shape index (κ3) is 2.41. The Morgan fingerprint density at radius 2 is 1.86 bits per heavy atom. The molecule has 0 saturated carbocycles. The van der Waals surface area contributed by atoms with Gasteiger partial charge in [-0.15, -0.1) is 0 Å². The van der Waals surface area contributed by atoms with E-state index in [4.69, 9.17) is 4.42 Å². The second kappa shape index (κ2) is 5.37. The van der Waals surface area contributed by atoms with Crippen molar-refractivity contribution < 1.29 is 13.2 Å². The molecule has 0 saturated heterocycles. The molecule has 1 aromatic heterocycles. The molecule has 0 N–H and O–H groups in total. The van der Waals surface area contributed by atoms with Crippen LogP contribution in [0, 0.1) is 18.6 Å². The zero-order valence-corrected chi connectivity index (χ0v) is 12.2. The van der Waals surface area contributed by atoms with Crippen molar-refractivity contribution in [3.63, 3.8) is 0 Å². The maximum atomic E-state index is 13.9. The van der Waals surface area contributed by atoms with Crippen LogP contribution in [0.2, 0.25) is 0 Å². The van der Waals surface area contributed by atoms with Crippen LogP contribution in [0.1, 0.15) is 18.1 Å². The number of hydrogen-bond donors (Lipinski definition) is 0. The van der Waals surface area contributed by atoms with Crippen molar-refractivity contribution in [3.8, 4) is 11.3 Å². The molecule has 0 atom stereocenters. The summed E-state index contributed by atoms with van der Waals surface area (Å²) in [5.41, 5.74) is 2.15. The predicted octanol–water partition coefficient (Wildman–Crippen LogP) is 4.61. The van der Waals surface area contributed by atoms with Gasteiger partial charge in [0.25, 0.3) is 0 Å². The number of hydrogen-bond acceptors (Lipinski definition) is 2. The molecule has 0 fully saturated rings. The molecule has 22 heavy (non-hydrogen) atoms. The Morgan fingerprint density at radius 1 is 1.09 bits per heavy atom. The van der Waals surface area contributed by atoms with E-state index in [1.165, 1.54) is 12.1 Å². The van der Waals surface area contributed by atoms with Crippen LogP contribution < -0.4 is 5.43 Å². The lowest BCUT2D eigenvalue weighted by molar-refractivity contribution is 0.571. The highest BCUT2D eigenvalue weighted by atomic mass is 19.1. The monoisotopic (exact) mass is 300 g/mol. The Morgan fingerprint density at radius 3 is 2.55 bits per heavy atom. The lowest BCUT2D eigenvalue weighted by Crippen LogP contribution is -2.03. The van der Waals surface area contributed by atoms with Crippen molar-refractivity contribution in [1.82, 2.24) is 0 Å². The van der Waals surface area contributed by atoms with Crippen LogP contribution in [0.3, 0.4) is 0 Å². The van der Waals surface area contributed by atoms with E-state index in [9.17, 15) is 13.6 Å². The third-order valence-electron chi connectivity index (χ3n) is 3.63. The van der Waals surface area contributed by atoms with Crippen LogP contribution in [-0.2, 0) is 6.42 Å². The summed E-state index contributed by atoms with van der Waals surface area (Å²) in [6.07, 6.45) is 0.691. The third-order valence-corrected chi connectivity index (χ3v) is 3.63. The largest absolute Gasteiger partial charge is 0.455 e. The first-order chi connectivity index (χ1) is 10.5. The molecule has 0 radical (unpaired) electrons. The van der Waals surface area contributed by atoms with Gasteiger partial charge in [-0.05, 0) is 42.7 Å². The second-order valence-electron chi connectivity index (χ2n) is 5.25. The second-order valence-corrected chi connectivity index (χ2v) is 5.25. The highest BCUT2D eigenvalue weighted by Crippen LogP contribution is 2.27. The zero-order valence-electron chi connectivity index (χ0n) is 12.2. The van der Waals surface area contributed by atoms with Crippen LogP contribution in [0.5, 0.6) is 0 Å². The van der Waals surface area contributed by atoms with E-state index in [0.717, 1.165) is 23.3 Å². The van der Waals surface area contributed by atoms with Gasteiger partial charge in [-0.2, -0.15) is 0 Å². The average Bonchev–Trinajstić information content (AvgIpc) is 2.47. The summed E-state index contributed by atoms with van der Waals surface area (Å²) in [6.45, 7) is 3.87. The molecular weight excluding hydrogens is 286 g/mol. The molecule has 3 rings (SSSR count). The minimum absolute atomic E-state index is 0.0722. The minimum Gasteiger partial charge on any atom is -0.455 e. The molecular formula is C18H14F2O2. The predicted molar refractivity (Wildman–Crippen MR) is 82.0 cm³/mol. The minimum atomic E-state index is -0.757. The van der Waals surface area contributed by atoms with Crippen LogP contribution in [-0.4, -0.2) is 0 Å². The van der Waals surface area contributed by atoms with Gasteiger partial charge in [-0.3, -0.25) is 4.79 Å². The molecule has 0 bridgehead atoms. The van der Waals surface area contributed by atoms with E-state index in [0.29, 0.717) is 17.4 Å². The Balaban J connectivity index is 2.33. The normalized spacial score (nSPS) is 11.1. The van der Waals surface area contributed by atoms with Gasteiger partial charge in [0.15, 0.2) is 5.43 Å². The molecule has 1 heterocycles. The first kappa shape index (κ1) is 14.4. The molecule has 0 aliphatic rings. The summed E-state index contributed by atoms with van der Waals surface area (Å²) in [4.78, 5) is 12.3. The summed E-state index contributed by atoms with van der Waals surface area (Å²) in [5, 5.41) is 0.475. The molecule has 3 aromatic rings. The lowest BCUT2D eigenvalue weighted by Gasteiger charge is -2.08. The van der Waals surface area contributed by atoms with Gasteiger partial charge in [0, 0.05) is 12.1 Å². The lowest BCUT2D eigenvalue weighted by atomic mass is 10.0. The summed E-state index contributed by atoms with van der Waals surface area (Å²) in [5.74, 6) is -1.32. The molecule has 2 aromatic carbocycles. The number of benzene rings is 2. The van der Waals surface area contributed by atoms with Crippen molar-refractivity contribution >= 4 is 11.0 Å². The first-order valence-electron chi connectivity index (χ1n) is 7.02. The smallest absolute Gasteiger partial charge is 0.193 e. The summed E-state index contributed by atoms with van der Waals surface area (Å²) in [6, 6.07) is 8.13. The molecule has 0 aliphatic heterocycles. The molecule has 0 spiro atoms. The Labute approximate surface area is 126 Å². The fourth-order valence-corrected chi connectivity index (χ4v) is 2.57. The number of fused-ring (bicyclic) bond motifs is 1. The van der Waals surface area contributed by atoms with Gasteiger partial charge < -0.3 is 4.42 Å². The van der Waals surface area contributed by atoms with Crippen molar-refractivity contribution in [3.05, 3.63) is 69.4 Å². The van der Waals surface area contributed by atoms with E-state index in [1.807, 2.05) is 19.9 Å². The van der Waals surface area contributed by atoms with Gasteiger partial charge in [0.2, 0.25) is 0 Å². The quantitative estimate of drug-likeness (QED) is 0.692. The number of halogens is 2. The van der Waals surface area contributed by atoms with Crippen LogP contribution in [0.15, 0.2) is 45.6 Å². The Hall–Kier alpha value is -2.49. The molecule has 0 unspecified atom stereocenters. The van der Waals surface area contributed by atoms with Crippen LogP contribution in [0.25, 0.3) is 22.3 Å². The van der Waals surface area contributed by atoms with E-state index in [-0.39, 0.29) is 16.8 Å². The maximum Gasteiger partial charge on any atom is 0.193 e. The van der Waals surface area contributed by atoms with Crippen molar-refractivity contribution in [2.75, 3.05) is 0 Å². The Bertz CT molecular complexity index is 926. The van der Waals surface area contributed by atoms with Gasteiger partial charge >= 0.3 is 0 Å². The summed E-state index contributed by atoms with van der Waals surface area (Å²) in [7, 11) is 0. The summed E-state index contributed by atoms with van der Waals surface area (Å²) < 4.78 is 32.7. The Kier molecular flexibility index (Phi) is 3.53. The van der Waals surface area contributed by atoms with E-state index < -0.39 is 11.6 Å². The van der Waals surface area contributed by atoms with Crippen LogP contribution in [0.4, 0.5) is 8.78 Å². The SMILES string of the molecule is CCc1cc(C)cc2c(=O)cc(-c3ccc(F)cc3F)oc12. The van der Waals surface area contributed by atoms with Crippen molar-refractivity contribution in [1.29, 1.82) is 0 Å². The van der Waals surface area contributed by atoms with Gasteiger partial charge in [0.1, 0.15) is 23.0 Å². The topological polar surface area (TPSA) is 30.2 Å². The number of rotatable bonds is 2. The van der Waals surface area contributed by atoms with E-state index in [1.54, 1.807) is 6.07 Å². The highest BCUT2D eigenvalue weighted by molar-refractivity contribution is 5.82. The zero-order chi connectivity index (χ0) is 15.9. The molecule has 112 valence electrons. The average molecular weight is 300 g/mol.